The van der Waals surface area contributed by atoms with Crippen molar-refractivity contribution in [2.75, 3.05) is 0 Å². The minimum atomic E-state index is -0.750. The van der Waals surface area contributed by atoms with E-state index >= 15 is 0 Å². The van der Waals surface area contributed by atoms with E-state index in [0.717, 1.165) is 38.8 Å². The fourth-order valence-corrected chi connectivity index (χ4v) is 8.49. The molecule has 0 bridgehead atoms. The molecule has 51 heavy (non-hydrogen) atoms. The van der Waals surface area contributed by atoms with Crippen molar-refractivity contribution in [1.82, 2.24) is 28.9 Å². The summed E-state index contributed by atoms with van der Waals surface area (Å²) in [7, 11) is 0. The molecule has 9 rings (SSSR count). The van der Waals surface area contributed by atoms with E-state index in [1.54, 1.807) is 0 Å². The Labute approximate surface area is 312 Å². The summed E-state index contributed by atoms with van der Waals surface area (Å²) in [6.07, 6.45) is 7.74. The summed E-state index contributed by atoms with van der Waals surface area (Å²) < 4.78 is 6.52. The van der Waals surface area contributed by atoms with Crippen molar-refractivity contribution in [3.8, 4) is 0 Å². The van der Waals surface area contributed by atoms with E-state index in [4.69, 9.17) is 15.2 Å². The van der Waals surface area contributed by atoms with Crippen LogP contribution in [0.3, 0.4) is 0 Å². The van der Waals surface area contributed by atoms with E-state index in [2.05, 4.69) is 120 Å². The van der Waals surface area contributed by atoms with Gasteiger partial charge in [-0.3, -0.25) is 14.3 Å². The van der Waals surface area contributed by atoms with Crippen molar-refractivity contribution < 1.29 is 20.1 Å². The Morgan fingerprint density at radius 1 is 0.686 bits per heavy atom. The van der Waals surface area contributed by atoms with E-state index in [9.17, 15) is 0 Å². The van der Waals surface area contributed by atoms with Gasteiger partial charge in [-0.2, -0.15) is 70.9 Å². The molecule has 6 nitrogen and oxygen atoms in total. The molecule has 0 saturated heterocycles. The van der Waals surface area contributed by atoms with Crippen LogP contribution in [0.15, 0.2) is 110 Å². The molecule has 5 heterocycles. The van der Waals surface area contributed by atoms with Gasteiger partial charge in [-0.1, -0.05) is 56.2 Å². The SMILES string of the molecule is Cc1ccc2c3c1c1ccc(C(C)(c4[c-]cccc4)n4cccn4)[c-]c1c1nc([C@](C)(c4[c-]cccc4)n4cccn4)c(n13)C(C)(C)C2(C)C.[Ir+3]. The Bertz CT molecular complexity index is 2570. The molecule has 0 aliphatic carbocycles. The van der Waals surface area contributed by atoms with Crippen molar-refractivity contribution in [1.29, 1.82) is 0 Å². The zero-order valence-corrected chi connectivity index (χ0v) is 32.3. The molecule has 2 atom stereocenters. The second-order valence-corrected chi connectivity index (χ2v) is 15.1. The first-order chi connectivity index (χ1) is 24.0. The second-order valence-electron chi connectivity index (χ2n) is 15.1. The van der Waals surface area contributed by atoms with Gasteiger partial charge in [0.05, 0.1) is 16.9 Å². The van der Waals surface area contributed by atoms with E-state index in [0.29, 0.717) is 0 Å². The number of imidazole rings is 1. The largest absolute Gasteiger partial charge is 3.00 e. The van der Waals surface area contributed by atoms with Crippen molar-refractivity contribution in [3.05, 3.63) is 167 Å². The summed E-state index contributed by atoms with van der Waals surface area (Å²) in [4.78, 5) is 5.77. The van der Waals surface area contributed by atoms with Gasteiger partial charge < -0.3 is 4.40 Å². The fraction of sp³-hybridized carbons (Fsp3) is 0.250. The van der Waals surface area contributed by atoms with Crippen LogP contribution in [0.5, 0.6) is 0 Å². The Morgan fingerprint density at radius 2 is 1.31 bits per heavy atom. The molecule has 7 heteroatoms. The Hall–Kier alpha value is -4.84. The van der Waals surface area contributed by atoms with Crippen molar-refractivity contribution in [3.63, 3.8) is 0 Å². The monoisotopic (exact) mass is 844 g/mol. The van der Waals surface area contributed by atoms with E-state index in [1.165, 1.54) is 27.7 Å². The van der Waals surface area contributed by atoms with Crippen LogP contribution >= 0.6 is 0 Å². The summed E-state index contributed by atoms with van der Waals surface area (Å²) in [6, 6.07) is 40.5. The molecular weight excluding hydrogens is 805 g/mol. The van der Waals surface area contributed by atoms with Gasteiger partial charge in [-0.25, -0.2) is 0 Å². The summed E-state index contributed by atoms with van der Waals surface area (Å²) in [5, 5.41) is 13.0. The maximum atomic E-state index is 5.77. The van der Waals surface area contributed by atoms with E-state index in [-0.39, 0.29) is 30.9 Å². The van der Waals surface area contributed by atoms with E-state index in [1.807, 2.05) is 70.5 Å². The maximum absolute atomic E-state index is 5.77. The standard InChI is InChI=1S/C44H39N6.Ir/c1-29-20-23-35-37-36(29)33-22-21-32(43(6,48-26-14-24-45-48)30-16-10-8-11-17-30)28-34(33)40-47-38(39(50(37)40)42(4,5)41(35,2)3)44(7,49-27-15-25-46-49)31-18-12-9-13-19-31;/h8-16,18,20-27H,1-7H3;/q-3;+3/t43?,44-;/m0./s1. The molecule has 254 valence electrons. The van der Waals surface area contributed by atoms with Crippen LogP contribution in [0.25, 0.3) is 27.3 Å². The summed E-state index contributed by atoms with van der Waals surface area (Å²) in [5.41, 5.74) is 7.85. The zero-order chi connectivity index (χ0) is 34.6. The molecule has 0 N–H and O–H groups in total. The van der Waals surface area contributed by atoms with Crippen molar-refractivity contribution in [2.24, 2.45) is 0 Å². The van der Waals surface area contributed by atoms with Gasteiger partial charge in [-0.05, 0) is 43.9 Å². The molecule has 8 aromatic rings. The van der Waals surface area contributed by atoms with Gasteiger partial charge in [0.25, 0.3) is 0 Å². The number of rotatable bonds is 6. The first-order valence-electron chi connectivity index (χ1n) is 17.3. The van der Waals surface area contributed by atoms with Crippen LogP contribution in [0.4, 0.5) is 0 Å². The number of aromatic nitrogens is 6. The average Bonchev–Trinajstić information content (AvgIpc) is 3.94. The number of aryl methyl sites for hydroxylation is 1. The number of benzene rings is 4. The third-order valence-corrected chi connectivity index (χ3v) is 12.1. The third-order valence-electron chi connectivity index (χ3n) is 12.1. The summed E-state index contributed by atoms with van der Waals surface area (Å²) in [6.45, 7) is 16.2. The van der Waals surface area contributed by atoms with E-state index < -0.39 is 11.1 Å². The average molecular weight is 844 g/mol. The van der Waals surface area contributed by atoms with Gasteiger partial charge in [0.1, 0.15) is 5.54 Å². The molecule has 4 aromatic heterocycles. The van der Waals surface area contributed by atoms with Crippen LogP contribution in [0.2, 0.25) is 0 Å². The third kappa shape index (κ3) is 4.28. The van der Waals surface area contributed by atoms with Gasteiger partial charge >= 0.3 is 20.1 Å². The van der Waals surface area contributed by atoms with Crippen LogP contribution in [0.1, 0.15) is 80.7 Å². The number of hydrogen-bond donors (Lipinski definition) is 0. The minimum absolute atomic E-state index is 0. The first kappa shape index (κ1) is 33.3. The smallest absolute Gasteiger partial charge is 0.336 e. The molecule has 0 fully saturated rings. The van der Waals surface area contributed by atoms with Crippen LogP contribution < -0.4 is 0 Å². The molecular formula is C44H39IrN6. The molecule has 0 amide bonds. The predicted molar refractivity (Wildman–Crippen MR) is 199 cm³/mol. The van der Waals surface area contributed by atoms with Crippen LogP contribution in [-0.2, 0) is 42.0 Å². The molecule has 1 aliphatic rings. The Balaban J connectivity index is 0.00000374. The zero-order valence-electron chi connectivity index (χ0n) is 29.9. The normalized spacial score (nSPS) is 17.0. The number of nitrogens with zero attached hydrogens (tertiary/aromatic N) is 6. The maximum Gasteiger partial charge on any atom is 3.00 e. The Morgan fingerprint density at radius 3 is 1.90 bits per heavy atom. The minimum Gasteiger partial charge on any atom is -0.336 e. The second kappa shape index (κ2) is 11.3. The summed E-state index contributed by atoms with van der Waals surface area (Å²) in [5.74, 6) is 0. The molecule has 0 spiro atoms. The topological polar surface area (TPSA) is 52.9 Å². The van der Waals surface area contributed by atoms with Crippen LogP contribution in [0, 0.1) is 25.1 Å². The number of fused-ring (bicyclic) bond motifs is 3. The van der Waals surface area contributed by atoms with Gasteiger partial charge in [0.15, 0.2) is 0 Å². The number of pyridine rings is 1. The fourth-order valence-electron chi connectivity index (χ4n) is 8.49. The predicted octanol–water partition coefficient (Wildman–Crippen LogP) is 8.93. The summed E-state index contributed by atoms with van der Waals surface area (Å²) >= 11 is 0. The van der Waals surface area contributed by atoms with Crippen molar-refractivity contribution in [2.45, 2.75) is 70.4 Å². The quantitative estimate of drug-likeness (QED) is 0.124. The first-order valence-corrected chi connectivity index (χ1v) is 17.3. The Kier molecular flexibility index (Phi) is 7.40. The number of hydrogen-bond acceptors (Lipinski definition) is 3. The van der Waals surface area contributed by atoms with Gasteiger partial charge in [0, 0.05) is 46.8 Å². The molecule has 1 unspecified atom stereocenters. The van der Waals surface area contributed by atoms with Gasteiger partial charge in [0.2, 0.25) is 0 Å². The molecule has 0 saturated carbocycles. The van der Waals surface area contributed by atoms with Gasteiger partial charge in [-0.15, -0.1) is 34.9 Å². The van der Waals surface area contributed by atoms with Crippen molar-refractivity contribution >= 4 is 27.3 Å². The molecule has 0 radical (unpaired) electrons. The molecule has 1 aliphatic heterocycles. The van der Waals surface area contributed by atoms with Crippen LogP contribution in [-0.4, -0.2) is 28.9 Å². The molecule has 4 aromatic carbocycles.